The molecule has 0 unspecified atom stereocenters. The Kier molecular flexibility index (Phi) is 8.44. The summed E-state index contributed by atoms with van der Waals surface area (Å²) < 4.78 is 0. The zero-order valence-electron chi connectivity index (χ0n) is 10.6. The first kappa shape index (κ1) is 20.5. The number of nitrogen functional groups attached to an aromatic ring is 2. The van der Waals surface area contributed by atoms with Gasteiger partial charge in [-0.1, -0.05) is 0 Å². The molecule has 1 aliphatic carbocycles. The van der Waals surface area contributed by atoms with Crippen LogP contribution in [0.2, 0.25) is 0 Å². The second-order valence-corrected chi connectivity index (χ2v) is 7.35. The normalized spacial score (nSPS) is 34.5. The average molecular weight is 451 g/mol. The maximum Gasteiger partial charge on any atom is 0.244 e. The Balaban J connectivity index is 0.000000224. The lowest BCUT2D eigenvalue weighted by molar-refractivity contribution is 0.544. The molecule has 2 rings (SSSR count). The fraction of sp³-hybridized carbons (Fsp3) is 0.667. The van der Waals surface area contributed by atoms with Crippen molar-refractivity contribution in [2.45, 2.75) is 32.3 Å². The van der Waals surface area contributed by atoms with Crippen LogP contribution in [0.1, 0.15) is 0 Å². The Hall–Kier alpha value is 0.440. The van der Waals surface area contributed by atoms with Gasteiger partial charge in [0, 0.05) is 11.8 Å². The number of hydrogen-bond donors (Lipinski definition) is 3. The minimum absolute atomic E-state index is 0.0376. The molecule has 1 aromatic heterocycles. The largest absolute Gasteiger partial charge is 0.368 e. The molecule has 0 spiro atoms. The second kappa shape index (κ2) is 9.06. The summed E-state index contributed by atoms with van der Waals surface area (Å²) in [5.74, 6) is 0.220. The highest BCUT2D eigenvalue weighted by Crippen LogP contribution is 2.39. The van der Waals surface area contributed by atoms with Crippen LogP contribution in [-0.2, 0) is 0 Å². The van der Waals surface area contributed by atoms with Gasteiger partial charge in [0.05, 0.1) is 32.3 Å². The Morgan fingerprint density at radius 3 is 1.14 bits per heavy atom. The van der Waals surface area contributed by atoms with Crippen molar-refractivity contribution in [1.29, 1.82) is 0 Å². The van der Waals surface area contributed by atoms with E-state index in [0.29, 0.717) is 0 Å². The number of nitrogens with zero attached hydrogens (tertiary/aromatic N) is 3. The fourth-order valence-electron chi connectivity index (χ4n) is 1.51. The number of alkyl halides is 6. The summed E-state index contributed by atoms with van der Waals surface area (Å²) in [6.07, 6.45) is 0. The van der Waals surface area contributed by atoms with E-state index in [1.54, 1.807) is 0 Å². The van der Waals surface area contributed by atoms with Crippen LogP contribution < -0.4 is 16.3 Å². The summed E-state index contributed by atoms with van der Waals surface area (Å²) >= 11 is 40.4. The lowest BCUT2D eigenvalue weighted by Gasteiger charge is -2.37. The van der Waals surface area contributed by atoms with Crippen LogP contribution in [0.4, 0.5) is 17.8 Å². The number of anilines is 3. The molecule has 0 atom stereocenters. The van der Waals surface area contributed by atoms with Crippen LogP contribution in [0.5, 0.6) is 0 Å². The maximum absolute atomic E-state index is 5.88. The van der Waals surface area contributed by atoms with Crippen LogP contribution in [0.25, 0.3) is 0 Å². The van der Waals surface area contributed by atoms with Gasteiger partial charge in [-0.25, -0.2) is 0 Å². The maximum atomic E-state index is 5.88. The first-order valence-corrected chi connectivity index (χ1v) is 8.66. The van der Waals surface area contributed by atoms with Crippen molar-refractivity contribution >= 4 is 99.2 Å². The fourth-order valence-corrected chi connectivity index (χ4v) is 3.92. The molecule has 1 aliphatic rings. The number of rotatable bonds is 1. The monoisotopic (exact) mass is 448 g/mol. The van der Waals surface area contributed by atoms with Crippen molar-refractivity contribution in [3.05, 3.63) is 0 Å². The van der Waals surface area contributed by atoms with E-state index in [9.17, 15) is 0 Å². The standard InChI is InChI=1S/C6H6Cl6.C3H5ClN6/c7-1-2(8)4(10)6(12)5(11)3(1)9;4-10-3-8-1(5)7-2(6)9-3/h1-6H;(H5,5,6,7,8,9,10). The molecule has 0 aliphatic heterocycles. The molecule has 1 aromatic rings. The lowest BCUT2D eigenvalue weighted by atomic mass is 9.97. The van der Waals surface area contributed by atoms with Gasteiger partial charge < -0.3 is 11.5 Å². The highest BCUT2D eigenvalue weighted by molar-refractivity contribution is 6.45. The Morgan fingerprint density at radius 2 is 0.909 bits per heavy atom. The minimum atomic E-state index is -0.437. The number of nitrogens with one attached hydrogen (secondary N) is 1. The van der Waals surface area contributed by atoms with E-state index >= 15 is 0 Å². The van der Waals surface area contributed by atoms with Crippen LogP contribution in [0.3, 0.4) is 0 Å². The highest BCUT2D eigenvalue weighted by atomic mass is 35.5. The van der Waals surface area contributed by atoms with Gasteiger partial charge in [0.1, 0.15) is 0 Å². The van der Waals surface area contributed by atoms with Gasteiger partial charge in [-0.15, -0.1) is 69.6 Å². The summed E-state index contributed by atoms with van der Waals surface area (Å²) in [4.78, 5) is 12.8. The first-order valence-electron chi connectivity index (χ1n) is 5.67. The van der Waals surface area contributed by atoms with Crippen LogP contribution in [0, 0.1) is 0 Å². The van der Waals surface area contributed by atoms with Gasteiger partial charge in [0.25, 0.3) is 0 Å². The molecule has 22 heavy (non-hydrogen) atoms. The van der Waals surface area contributed by atoms with Gasteiger partial charge in [-0.3, -0.25) is 4.84 Å². The van der Waals surface area contributed by atoms with Crippen LogP contribution >= 0.6 is 81.4 Å². The molecular formula is C9H11Cl7N6. The molecule has 6 nitrogen and oxygen atoms in total. The van der Waals surface area contributed by atoms with Gasteiger partial charge >= 0.3 is 0 Å². The average Bonchev–Trinajstić information content (AvgIpc) is 2.48. The minimum Gasteiger partial charge on any atom is -0.368 e. The topological polar surface area (TPSA) is 103 Å². The summed E-state index contributed by atoms with van der Waals surface area (Å²) in [5.41, 5.74) is 10.4. The van der Waals surface area contributed by atoms with E-state index in [4.69, 9.17) is 92.8 Å². The molecule has 5 N–H and O–H groups in total. The van der Waals surface area contributed by atoms with Crippen molar-refractivity contribution < 1.29 is 0 Å². The molecular weight excluding hydrogens is 440 g/mol. The smallest absolute Gasteiger partial charge is 0.244 e. The molecule has 1 fully saturated rings. The third-order valence-electron chi connectivity index (χ3n) is 2.58. The Morgan fingerprint density at radius 1 is 0.636 bits per heavy atom. The molecule has 0 bridgehead atoms. The number of halogens is 7. The van der Waals surface area contributed by atoms with Crippen molar-refractivity contribution in [3.8, 4) is 0 Å². The van der Waals surface area contributed by atoms with Crippen LogP contribution in [-0.4, -0.2) is 47.2 Å². The van der Waals surface area contributed by atoms with Crippen molar-refractivity contribution in [1.82, 2.24) is 15.0 Å². The molecule has 0 amide bonds. The van der Waals surface area contributed by atoms with E-state index in [-0.39, 0.29) is 17.8 Å². The highest BCUT2D eigenvalue weighted by Gasteiger charge is 2.46. The third kappa shape index (κ3) is 5.23. The quantitative estimate of drug-likeness (QED) is 0.448. The summed E-state index contributed by atoms with van der Waals surface area (Å²) in [7, 11) is 0. The Labute approximate surface area is 162 Å². The number of hydrogen-bond acceptors (Lipinski definition) is 6. The molecule has 1 heterocycles. The zero-order chi connectivity index (χ0) is 17.0. The van der Waals surface area contributed by atoms with Gasteiger partial charge in [-0.2, -0.15) is 15.0 Å². The SMILES string of the molecule is ClC1C(Cl)C(Cl)C(Cl)C(Cl)C1Cl.Nc1nc(N)nc(NCl)n1. The Bertz CT molecular complexity index is 415. The van der Waals surface area contributed by atoms with Gasteiger partial charge in [0.15, 0.2) is 0 Å². The van der Waals surface area contributed by atoms with Crippen molar-refractivity contribution in [2.75, 3.05) is 16.3 Å². The van der Waals surface area contributed by atoms with E-state index in [1.807, 2.05) is 0 Å². The van der Waals surface area contributed by atoms with Crippen LogP contribution in [0.15, 0.2) is 0 Å². The molecule has 126 valence electrons. The predicted octanol–water partition coefficient (Wildman–Crippen LogP) is 3.25. The predicted molar refractivity (Wildman–Crippen MR) is 96.0 cm³/mol. The lowest BCUT2D eigenvalue weighted by Crippen LogP contribution is -2.52. The molecule has 0 aromatic carbocycles. The number of aromatic nitrogens is 3. The molecule has 0 radical (unpaired) electrons. The first-order chi connectivity index (χ1) is 10.2. The summed E-state index contributed by atoms with van der Waals surface area (Å²) in [5, 5.41) is -2.62. The molecule has 13 heteroatoms. The van der Waals surface area contributed by atoms with E-state index in [2.05, 4.69) is 19.8 Å². The third-order valence-corrected chi connectivity index (χ3v) is 6.78. The summed E-state index contributed by atoms with van der Waals surface area (Å²) in [6.45, 7) is 0. The molecule has 0 saturated heterocycles. The van der Waals surface area contributed by atoms with E-state index in [0.717, 1.165) is 0 Å². The van der Waals surface area contributed by atoms with Gasteiger partial charge in [0.2, 0.25) is 17.8 Å². The van der Waals surface area contributed by atoms with Crippen molar-refractivity contribution in [2.24, 2.45) is 0 Å². The van der Waals surface area contributed by atoms with E-state index < -0.39 is 32.3 Å². The van der Waals surface area contributed by atoms with E-state index in [1.165, 1.54) is 0 Å². The molecule has 1 saturated carbocycles. The summed E-state index contributed by atoms with van der Waals surface area (Å²) in [6, 6.07) is 0. The zero-order valence-corrected chi connectivity index (χ0v) is 15.9. The number of nitrogens with two attached hydrogens (primary N) is 2. The second-order valence-electron chi connectivity index (χ2n) is 4.14. The van der Waals surface area contributed by atoms with Gasteiger partial charge in [-0.05, 0) is 0 Å². The van der Waals surface area contributed by atoms with Crippen molar-refractivity contribution in [3.63, 3.8) is 0 Å².